The zero-order valence-corrected chi connectivity index (χ0v) is 21.0. The predicted molar refractivity (Wildman–Crippen MR) is 138 cm³/mol. The SMILES string of the molecule is COc1cccc(-c2nc(-c3ccc(CCN4CCSCC4)cc3)nn2CC(=O)NC(C)C)c1. The number of methoxy groups -OCH3 is 1. The summed E-state index contributed by atoms with van der Waals surface area (Å²) in [5.74, 6) is 4.35. The van der Waals surface area contributed by atoms with Crippen molar-refractivity contribution in [2.24, 2.45) is 0 Å². The highest BCUT2D eigenvalue weighted by Crippen LogP contribution is 2.26. The number of carbonyl (C=O) groups is 1. The van der Waals surface area contributed by atoms with Gasteiger partial charge in [-0.2, -0.15) is 11.8 Å². The molecule has 1 aliphatic rings. The lowest BCUT2D eigenvalue weighted by atomic mass is 10.1. The fraction of sp³-hybridized carbons (Fsp3) is 0.423. The van der Waals surface area contributed by atoms with E-state index in [4.69, 9.17) is 14.8 Å². The summed E-state index contributed by atoms with van der Waals surface area (Å²) in [6, 6.07) is 16.2. The Bertz CT molecular complexity index is 1090. The summed E-state index contributed by atoms with van der Waals surface area (Å²) < 4.78 is 7.05. The maximum Gasteiger partial charge on any atom is 0.242 e. The first-order valence-electron chi connectivity index (χ1n) is 11.8. The molecule has 180 valence electrons. The summed E-state index contributed by atoms with van der Waals surface area (Å²) in [5.41, 5.74) is 3.10. The van der Waals surface area contributed by atoms with Gasteiger partial charge in [-0.3, -0.25) is 4.79 Å². The van der Waals surface area contributed by atoms with Crippen LogP contribution in [0.3, 0.4) is 0 Å². The summed E-state index contributed by atoms with van der Waals surface area (Å²) in [5, 5.41) is 7.63. The molecule has 1 saturated heterocycles. The van der Waals surface area contributed by atoms with E-state index in [1.165, 1.54) is 30.2 Å². The van der Waals surface area contributed by atoms with Gasteiger partial charge in [0.25, 0.3) is 0 Å². The molecule has 1 N–H and O–H groups in total. The van der Waals surface area contributed by atoms with E-state index in [0.29, 0.717) is 11.6 Å². The van der Waals surface area contributed by atoms with Crippen molar-refractivity contribution in [3.05, 3.63) is 54.1 Å². The minimum absolute atomic E-state index is 0.0620. The molecule has 0 unspecified atom stereocenters. The lowest BCUT2D eigenvalue weighted by Gasteiger charge is -2.25. The van der Waals surface area contributed by atoms with Crippen LogP contribution in [0.2, 0.25) is 0 Å². The first-order chi connectivity index (χ1) is 16.5. The molecule has 0 spiro atoms. The third-order valence-corrected chi connectivity index (χ3v) is 6.72. The van der Waals surface area contributed by atoms with Gasteiger partial charge in [0.1, 0.15) is 12.3 Å². The lowest BCUT2D eigenvalue weighted by Crippen LogP contribution is -2.34. The molecule has 0 saturated carbocycles. The zero-order chi connectivity index (χ0) is 23.9. The molecule has 0 radical (unpaired) electrons. The van der Waals surface area contributed by atoms with Crippen LogP contribution in [-0.2, 0) is 17.8 Å². The van der Waals surface area contributed by atoms with Crippen LogP contribution in [0.15, 0.2) is 48.5 Å². The lowest BCUT2D eigenvalue weighted by molar-refractivity contribution is -0.122. The van der Waals surface area contributed by atoms with Gasteiger partial charge >= 0.3 is 0 Å². The monoisotopic (exact) mass is 479 g/mol. The molecular formula is C26H33N5O2S. The van der Waals surface area contributed by atoms with Crippen molar-refractivity contribution in [2.45, 2.75) is 32.9 Å². The Hall–Kier alpha value is -2.84. The highest BCUT2D eigenvalue weighted by Gasteiger charge is 2.17. The molecule has 2 aromatic carbocycles. The summed E-state index contributed by atoms with van der Waals surface area (Å²) in [4.78, 5) is 19.8. The topological polar surface area (TPSA) is 72.3 Å². The average Bonchev–Trinajstić information content (AvgIpc) is 3.26. The Labute approximate surface area is 205 Å². The summed E-state index contributed by atoms with van der Waals surface area (Å²) in [6.07, 6.45) is 1.04. The molecule has 3 aromatic rings. The Morgan fingerprint density at radius 3 is 2.59 bits per heavy atom. The molecule has 8 heteroatoms. The molecule has 34 heavy (non-hydrogen) atoms. The van der Waals surface area contributed by atoms with Gasteiger partial charge in [-0.1, -0.05) is 36.4 Å². The van der Waals surface area contributed by atoms with E-state index in [-0.39, 0.29) is 18.5 Å². The molecule has 0 atom stereocenters. The molecule has 1 aromatic heterocycles. The molecule has 1 fully saturated rings. The van der Waals surface area contributed by atoms with Crippen LogP contribution in [-0.4, -0.2) is 69.9 Å². The Kier molecular flexibility index (Phi) is 8.24. The van der Waals surface area contributed by atoms with E-state index in [1.54, 1.807) is 11.8 Å². The minimum atomic E-state index is -0.0953. The maximum absolute atomic E-state index is 12.5. The smallest absolute Gasteiger partial charge is 0.242 e. The highest BCUT2D eigenvalue weighted by molar-refractivity contribution is 7.99. The number of benzene rings is 2. The zero-order valence-electron chi connectivity index (χ0n) is 20.2. The number of nitrogens with zero attached hydrogens (tertiary/aromatic N) is 4. The van der Waals surface area contributed by atoms with E-state index in [0.717, 1.165) is 29.8 Å². The fourth-order valence-electron chi connectivity index (χ4n) is 3.99. The van der Waals surface area contributed by atoms with Crippen LogP contribution >= 0.6 is 11.8 Å². The molecule has 0 aliphatic carbocycles. The highest BCUT2D eigenvalue weighted by atomic mass is 32.2. The van der Waals surface area contributed by atoms with Crippen molar-refractivity contribution in [1.82, 2.24) is 25.0 Å². The van der Waals surface area contributed by atoms with Gasteiger partial charge in [0.15, 0.2) is 11.6 Å². The van der Waals surface area contributed by atoms with Gasteiger partial charge in [0.2, 0.25) is 5.91 Å². The van der Waals surface area contributed by atoms with E-state index < -0.39 is 0 Å². The number of nitrogens with one attached hydrogen (secondary N) is 1. The van der Waals surface area contributed by atoms with Gasteiger partial charge in [-0.15, -0.1) is 5.10 Å². The average molecular weight is 480 g/mol. The first-order valence-corrected chi connectivity index (χ1v) is 13.0. The van der Waals surface area contributed by atoms with E-state index in [1.807, 2.05) is 49.9 Å². The second-order valence-electron chi connectivity index (χ2n) is 8.77. The van der Waals surface area contributed by atoms with Gasteiger partial charge < -0.3 is 15.0 Å². The molecule has 4 rings (SSSR count). The van der Waals surface area contributed by atoms with Gasteiger partial charge in [0, 0.05) is 48.3 Å². The number of ether oxygens (including phenoxy) is 1. The van der Waals surface area contributed by atoms with E-state index >= 15 is 0 Å². The van der Waals surface area contributed by atoms with Crippen LogP contribution in [0.4, 0.5) is 0 Å². The molecule has 1 aliphatic heterocycles. The Morgan fingerprint density at radius 1 is 1.12 bits per heavy atom. The quantitative estimate of drug-likeness (QED) is 0.504. The number of carbonyl (C=O) groups excluding carboxylic acids is 1. The van der Waals surface area contributed by atoms with Crippen LogP contribution in [0.1, 0.15) is 19.4 Å². The van der Waals surface area contributed by atoms with Crippen molar-refractivity contribution in [1.29, 1.82) is 0 Å². The largest absolute Gasteiger partial charge is 0.497 e. The number of hydrogen-bond donors (Lipinski definition) is 1. The van der Waals surface area contributed by atoms with Crippen LogP contribution in [0.5, 0.6) is 5.75 Å². The second-order valence-corrected chi connectivity index (χ2v) is 10.00. The van der Waals surface area contributed by atoms with Crippen molar-refractivity contribution >= 4 is 17.7 Å². The molecule has 7 nitrogen and oxygen atoms in total. The Balaban J connectivity index is 1.55. The summed E-state index contributed by atoms with van der Waals surface area (Å²) >= 11 is 2.04. The normalized spacial score (nSPS) is 14.4. The fourth-order valence-corrected chi connectivity index (χ4v) is 4.97. The molecular weight excluding hydrogens is 446 g/mol. The van der Waals surface area contributed by atoms with Gasteiger partial charge in [-0.25, -0.2) is 9.67 Å². The van der Waals surface area contributed by atoms with E-state index in [2.05, 4.69) is 34.5 Å². The van der Waals surface area contributed by atoms with Crippen LogP contribution < -0.4 is 10.1 Å². The minimum Gasteiger partial charge on any atom is -0.497 e. The molecule has 2 heterocycles. The number of rotatable bonds is 9. The number of amides is 1. The van der Waals surface area contributed by atoms with E-state index in [9.17, 15) is 4.79 Å². The summed E-state index contributed by atoms with van der Waals surface area (Å²) in [7, 11) is 1.64. The molecule has 0 bridgehead atoms. The van der Waals surface area contributed by atoms with Crippen molar-refractivity contribution < 1.29 is 9.53 Å². The molecule has 1 amide bonds. The number of thioether (sulfide) groups is 1. The van der Waals surface area contributed by atoms with Crippen LogP contribution in [0, 0.1) is 0 Å². The maximum atomic E-state index is 12.5. The first kappa shape index (κ1) is 24.3. The van der Waals surface area contributed by atoms with Crippen molar-refractivity contribution in [2.75, 3.05) is 38.2 Å². The van der Waals surface area contributed by atoms with Crippen molar-refractivity contribution in [3.63, 3.8) is 0 Å². The number of aromatic nitrogens is 3. The van der Waals surface area contributed by atoms with Crippen LogP contribution in [0.25, 0.3) is 22.8 Å². The summed E-state index contributed by atoms with van der Waals surface area (Å²) in [6.45, 7) is 7.45. The predicted octanol–water partition coefficient (Wildman–Crippen LogP) is 3.74. The third kappa shape index (κ3) is 6.39. The van der Waals surface area contributed by atoms with Gasteiger partial charge in [0.05, 0.1) is 7.11 Å². The third-order valence-electron chi connectivity index (χ3n) is 5.78. The van der Waals surface area contributed by atoms with Gasteiger partial charge in [-0.05, 0) is 38.0 Å². The Morgan fingerprint density at radius 2 is 1.88 bits per heavy atom. The standard InChI is InChI=1S/C26H33N5O2S/c1-19(2)27-24(32)18-31-26(22-5-4-6-23(17-22)33-3)28-25(29-31)21-9-7-20(8-10-21)11-12-30-13-15-34-16-14-30/h4-10,17,19H,11-16,18H2,1-3H3,(H,27,32). The number of hydrogen-bond acceptors (Lipinski definition) is 6. The van der Waals surface area contributed by atoms with Crippen molar-refractivity contribution in [3.8, 4) is 28.5 Å². The second kappa shape index (κ2) is 11.5.